The number of Topliss-reactive ketones (excluding diaryl/α,β-unsaturated/α-hetero) is 1. The van der Waals surface area contributed by atoms with Crippen LogP contribution in [0, 0.1) is 0 Å². The van der Waals surface area contributed by atoms with Gasteiger partial charge in [-0.15, -0.1) is 0 Å². The molecule has 0 saturated carbocycles. The van der Waals surface area contributed by atoms with Crippen LogP contribution in [0.2, 0.25) is 0 Å². The van der Waals surface area contributed by atoms with Crippen molar-refractivity contribution in [1.29, 1.82) is 0 Å². The molecule has 0 fully saturated rings. The third-order valence-electron chi connectivity index (χ3n) is 2.58. The van der Waals surface area contributed by atoms with Gasteiger partial charge in [-0.25, -0.2) is 0 Å². The first-order valence-corrected chi connectivity index (χ1v) is 5.76. The molecule has 0 unspecified atom stereocenters. The minimum atomic E-state index is 0.267. The number of benzene rings is 1. The van der Waals surface area contributed by atoms with Crippen LogP contribution >= 0.6 is 0 Å². The SMILES string of the molecule is CC(=O)CCCCCc1cccc(C=O)c1. The van der Waals surface area contributed by atoms with E-state index in [0.29, 0.717) is 6.42 Å². The fraction of sp³-hybridized carbons (Fsp3) is 0.429. The number of hydrogen-bond acceptors (Lipinski definition) is 2. The average molecular weight is 218 g/mol. The Morgan fingerprint density at radius 2 is 2.06 bits per heavy atom. The summed E-state index contributed by atoms with van der Waals surface area (Å²) in [5.74, 6) is 0.267. The van der Waals surface area contributed by atoms with Crippen molar-refractivity contribution in [3.05, 3.63) is 35.4 Å². The van der Waals surface area contributed by atoms with Crippen LogP contribution in [0.1, 0.15) is 48.5 Å². The lowest BCUT2D eigenvalue weighted by molar-refractivity contribution is -0.117. The molecule has 16 heavy (non-hydrogen) atoms. The molecule has 0 spiro atoms. The predicted octanol–water partition coefficient (Wildman–Crippen LogP) is 3.19. The van der Waals surface area contributed by atoms with Crippen molar-refractivity contribution in [3.8, 4) is 0 Å². The van der Waals surface area contributed by atoms with Gasteiger partial charge in [0.2, 0.25) is 0 Å². The molecule has 86 valence electrons. The Labute approximate surface area is 96.7 Å². The summed E-state index contributed by atoms with van der Waals surface area (Å²) in [4.78, 5) is 21.3. The third-order valence-corrected chi connectivity index (χ3v) is 2.58. The number of aldehydes is 1. The lowest BCUT2D eigenvalue weighted by atomic mass is 10.0. The summed E-state index contributed by atoms with van der Waals surface area (Å²) in [7, 11) is 0. The van der Waals surface area contributed by atoms with Crippen LogP contribution in [0.4, 0.5) is 0 Å². The van der Waals surface area contributed by atoms with Crippen molar-refractivity contribution in [3.63, 3.8) is 0 Å². The maximum absolute atomic E-state index is 10.7. The largest absolute Gasteiger partial charge is 0.300 e. The van der Waals surface area contributed by atoms with Crippen molar-refractivity contribution in [2.45, 2.75) is 39.0 Å². The molecule has 0 heterocycles. The Morgan fingerprint density at radius 1 is 1.25 bits per heavy atom. The fourth-order valence-corrected chi connectivity index (χ4v) is 1.70. The number of hydrogen-bond donors (Lipinski definition) is 0. The second-order valence-corrected chi connectivity index (χ2v) is 4.13. The zero-order valence-electron chi connectivity index (χ0n) is 9.74. The molecule has 0 bridgehead atoms. The van der Waals surface area contributed by atoms with Crippen LogP contribution in [0.3, 0.4) is 0 Å². The zero-order valence-corrected chi connectivity index (χ0v) is 9.74. The Balaban J connectivity index is 2.26. The Bertz CT molecular complexity index is 356. The highest BCUT2D eigenvalue weighted by molar-refractivity contribution is 5.75. The van der Waals surface area contributed by atoms with Gasteiger partial charge in [-0.3, -0.25) is 4.79 Å². The minimum absolute atomic E-state index is 0.267. The Kier molecular flexibility index (Phi) is 5.48. The molecule has 0 N–H and O–H groups in total. The molecule has 1 rings (SSSR count). The van der Waals surface area contributed by atoms with Crippen LogP contribution in [0.25, 0.3) is 0 Å². The van der Waals surface area contributed by atoms with Crippen LogP contribution in [-0.4, -0.2) is 12.1 Å². The van der Waals surface area contributed by atoms with E-state index in [2.05, 4.69) is 0 Å². The number of carbonyl (C=O) groups excluding carboxylic acids is 2. The maximum Gasteiger partial charge on any atom is 0.150 e. The van der Waals surface area contributed by atoms with Gasteiger partial charge in [-0.1, -0.05) is 24.6 Å². The van der Waals surface area contributed by atoms with Gasteiger partial charge >= 0.3 is 0 Å². The molecule has 1 aromatic carbocycles. The quantitative estimate of drug-likeness (QED) is 0.520. The second kappa shape index (κ2) is 6.94. The van der Waals surface area contributed by atoms with Gasteiger partial charge in [0.25, 0.3) is 0 Å². The van der Waals surface area contributed by atoms with E-state index in [9.17, 15) is 9.59 Å². The van der Waals surface area contributed by atoms with Gasteiger partial charge in [0.05, 0.1) is 0 Å². The van der Waals surface area contributed by atoms with Crippen molar-refractivity contribution in [2.75, 3.05) is 0 Å². The fourth-order valence-electron chi connectivity index (χ4n) is 1.70. The molecule has 0 amide bonds. The van der Waals surface area contributed by atoms with E-state index in [1.807, 2.05) is 24.3 Å². The van der Waals surface area contributed by atoms with Gasteiger partial charge in [0.15, 0.2) is 0 Å². The van der Waals surface area contributed by atoms with Crippen molar-refractivity contribution in [1.82, 2.24) is 0 Å². The third kappa shape index (κ3) is 4.87. The van der Waals surface area contributed by atoms with E-state index in [-0.39, 0.29) is 5.78 Å². The Hall–Kier alpha value is -1.44. The molecule has 0 aliphatic carbocycles. The number of rotatable bonds is 7. The van der Waals surface area contributed by atoms with Crippen LogP contribution in [0.15, 0.2) is 24.3 Å². The highest BCUT2D eigenvalue weighted by atomic mass is 16.1. The Morgan fingerprint density at radius 3 is 2.75 bits per heavy atom. The van der Waals surface area contributed by atoms with E-state index in [4.69, 9.17) is 0 Å². The lowest BCUT2D eigenvalue weighted by Crippen LogP contribution is -1.91. The first kappa shape index (κ1) is 12.6. The summed E-state index contributed by atoms with van der Waals surface area (Å²) in [6.07, 6.45) is 5.68. The van der Waals surface area contributed by atoms with E-state index in [0.717, 1.165) is 37.5 Å². The van der Waals surface area contributed by atoms with Crippen LogP contribution in [-0.2, 0) is 11.2 Å². The highest BCUT2D eigenvalue weighted by Crippen LogP contribution is 2.09. The summed E-state index contributed by atoms with van der Waals surface area (Å²) in [6, 6.07) is 7.69. The first-order valence-electron chi connectivity index (χ1n) is 5.76. The summed E-state index contributed by atoms with van der Waals surface area (Å²) in [6.45, 7) is 1.63. The summed E-state index contributed by atoms with van der Waals surface area (Å²) < 4.78 is 0. The van der Waals surface area contributed by atoms with Crippen molar-refractivity contribution < 1.29 is 9.59 Å². The first-order chi connectivity index (χ1) is 7.72. The van der Waals surface area contributed by atoms with E-state index >= 15 is 0 Å². The van der Waals surface area contributed by atoms with Gasteiger partial charge in [0, 0.05) is 12.0 Å². The summed E-state index contributed by atoms with van der Waals surface area (Å²) in [5, 5.41) is 0. The standard InChI is InChI=1S/C14H18O2/c1-12(16)6-3-2-4-7-13-8-5-9-14(10-13)11-15/h5,8-11H,2-4,6-7H2,1H3. The maximum atomic E-state index is 10.7. The van der Waals surface area contributed by atoms with Crippen molar-refractivity contribution in [2.24, 2.45) is 0 Å². The van der Waals surface area contributed by atoms with Crippen LogP contribution < -0.4 is 0 Å². The number of unbranched alkanes of at least 4 members (excludes halogenated alkanes) is 2. The normalized spacial score (nSPS) is 10.1. The van der Waals surface area contributed by atoms with Gasteiger partial charge in [-0.05, 0) is 37.8 Å². The van der Waals surface area contributed by atoms with E-state index in [1.54, 1.807) is 6.92 Å². The molecule has 0 saturated heterocycles. The minimum Gasteiger partial charge on any atom is -0.300 e. The number of ketones is 1. The smallest absolute Gasteiger partial charge is 0.150 e. The summed E-state index contributed by atoms with van der Waals surface area (Å²) in [5.41, 5.74) is 1.94. The number of aryl methyl sites for hydroxylation is 1. The van der Waals surface area contributed by atoms with E-state index in [1.165, 1.54) is 5.56 Å². The molecule has 2 nitrogen and oxygen atoms in total. The monoisotopic (exact) mass is 218 g/mol. The van der Waals surface area contributed by atoms with Crippen LogP contribution in [0.5, 0.6) is 0 Å². The van der Waals surface area contributed by atoms with E-state index < -0.39 is 0 Å². The van der Waals surface area contributed by atoms with Crippen molar-refractivity contribution >= 4 is 12.1 Å². The van der Waals surface area contributed by atoms with Gasteiger partial charge in [-0.2, -0.15) is 0 Å². The highest BCUT2D eigenvalue weighted by Gasteiger charge is 1.97. The molecule has 0 aliphatic heterocycles. The second-order valence-electron chi connectivity index (χ2n) is 4.13. The topological polar surface area (TPSA) is 34.1 Å². The predicted molar refractivity (Wildman–Crippen MR) is 64.7 cm³/mol. The molecule has 0 atom stereocenters. The van der Waals surface area contributed by atoms with Gasteiger partial charge < -0.3 is 4.79 Å². The lowest BCUT2D eigenvalue weighted by Gasteiger charge is -2.01. The van der Waals surface area contributed by atoms with Gasteiger partial charge in [0.1, 0.15) is 12.1 Å². The average Bonchev–Trinajstić information content (AvgIpc) is 2.28. The molecule has 0 radical (unpaired) electrons. The molecule has 0 aromatic heterocycles. The molecule has 2 heteroatoms. The zero-order chi connectivity index (χ0) is 11.8. The number of carbonyl (C=O) groups is 2. The summed E-state index contributed by atoms with van der Waals surface area (Å²) >= 11 is 0. The molecule has 1 aromatic rings. The molecular formula is C14H18O2. The molecule has 0 aliphatic rings. The molecular weight excluding hydrogens is 200 g/mol.